The van der Waals surface area contributed by atoms with Crippen LogP contribution in [0.3, 0.4) is 0 Å². The number of hydrogen-bond donors (Lipinski definition) is 1. The quantitative estimate of drug-likeness (QED) is 0.678. The first-order valence-electron chi connectivity index (χ1n) is 6.02. The van der Waals surface area contributed by atoms with Crippen LogP contribution in [0.5, 0.6) is 0 Å². The molecule has 7 heteroatoms. The van der Waals surface area contributed by atoms with Gasteiger partial charge < -0.3 is 4.55 Å². The number of rotatable bonds is 2. The topological polar surface area (TPSA) is 82.1 Å². The molecular formula is C14H9ClN2O3S. The van der Waals surface area contributed by atoms with Crippen molar-refractivity contribution in [3.63, 3.8) is 0 Å². The van der Waals surface area contributed by atoms with Gasteiger partial charge in [0.1, 0.15) is 5.56 Å². The van der Waals surface area contributed by atoms with E-state index < -0.39 is 23.0 Å². The molecule has 1 atom stereocenters. The third kappa shape index (κ3) is 2.42. The number of halogens is 1. The number of carbonyl (C=O) groups is 2. The minimum atomic E-state index is -1.67. The van der Waals surface area contributed by atoms with Crippen LogP contribution in [0.4, 0.5) is 0 Å². The number of pyridine rings is 1. The predicted molar refractivity (Wildman–Crippen MR) is 76.9 cm³/mol. The number of nitrogens with zero attached hydrogens (tertiary/aromatic N) is 1. The molecule has 2 amide bonds. The lowest BCUT2D eigenvalue weighted by atomic mass is 10.1. The van der Waals surface area contributed by atoms with Gasteiger partial charge in [0.05, 0.1) is 5.56 Å². The van der Waals surface area contributed by atoms with Crippen molar-refractivity contribution in [3.8, 4) is 0 Å². The second kappa shape index (κ2) is 5.14. The molecule has 1 aliphatic heterocycles. The smallest absolute Gasteiger partial charge is 0.265 e. The Labute approximate surface area is 128 Å². The van der Waals surface area contributed by atoms with E-state index in [1.165, 1.54) is 6.07 Å². The molecule has 0 bridgehead atoms. The van der Waals surface area contributed by atoms with Crippen LogP contribution in [0.15, 0.2) is 40.3 Å². The Morgan fingerprint density at radius 3 is 2.52 bits per heavy atom. The summed E-state index contributed by atoms with van der Waals surface area (Å²) in [6, 6.07) is 7.93. The minimum absolute atomic E-state index is 0.0823. The number of nitrogens with one attached hydrogen (secondary N) is 1. The van der Waals surface area contributed by atoms with Crippen LogP contribution in [0.1, 0.15) is 26.4 Å². The van der Waals surface area contributed by atoms with Crippen molar-refractivity contribution in [1.29, 1.82) is 0 Å². The van der Waals surface area contributed by atoms with E-state index in [9.17, 15) is 14.1 Å². The number of hydrogen-bond acceptors (Lipinski definition) is 4. The first kappa shape index (κ1) is 14.1. The summed E-state index contributed by atoms with van der Waals surface area (Å²) in [4.78, 5) is 28.2. The maximum Gasteiger partial charge on any atom is 0.265 e. The summed E-state index contributed by atoms with van der Waals surface area (Å²) in [7, 11) is 0. The molecule has 106 valence electrons. The summed E-state index contributed by atoms with van der Waals surface area (Å²) in [6.07, 6.45) is 0. The molecule has 0 aliphatic carbocycles. The van der Waals surface area contributed by atoms with E-state index in [0.29, 0.717) is 15.6 Å². The van der Waals surface area contributed by atoms with Crippen molar-refractivity contribution in [2.45, 2.75) is 16.8 Å². The molecule has 0 radical (unpaired) electrons. The molecule has 1 aromatic heterocycles. The Morgan fingerprint density at radius 2 is 1.86 bits per heavy atom. The van der Waals surface area contributed by atoms with Gasteiger partial charge in [-0.05, 0) is 37.3 Å². The normalized spacial score (nSPS) is 14.8. The van der Waals surface area contributed by atoms with E-state index in [4.69, 9.17) is 11.6 Å². The van der Waals surface area contributed by atoms with Gasteiger partial charge in [0.2, 0.25) is 0 Å². The Bertz CT molecular complexity index is 762. The predicted octanol–water partition coefficient (Wildman–Crippen LogP) is 2.09. The minimum Gasteiger partial charge on any atom is -0.605 e. The molecule has 1 unspecified atom stereocenters. The monoisotopic (exact) mass is 320 g/mol. The number of carbonyl (C=O) groups excluding carboxylic acids is 2. The summed E-state index contributed by atoms with van der Waals surface area (Å²) in [6.45, 7) is 1.68. The average Bonchev–Trinajstić information content (AvgIpc) is 2.73. The molecule has 1 N–H and O–H groups in total. The standard InChI is InChI=1S/C14H9ClN2O3S/c1-7-6-10-11(13(19)17-12(10)18)14(16-7)21(20)9-4-2-8(15)3-5-9/h2-6H,1H3,(H,17,18,19). The number of imide groups is 1. The zero-order chi connectivity index (χ0) is 15.1. The second-order valence-corrected chi connectivity index (χ2v) is 6.33. The van der Waals surface area contributed by atoms with Crippen molar-refractivity contribution >= 4 is 34.6 Å². The highest BCUT2D eigenvalue weighted by Crippen LogP contribution is 2.28. The van der Waals surface area contributed by atoms with Gasteiger partial charge in [0.15, 0.2) is 4.90 Å². The van der Waals surface area contributed by atoms with Gasteiger partial charge in [0.25, 0.3) is 16.8 Å². The fraction of sp³-hybridized carbons (Fsp3) is 0.0714. The van der Waals surface area contributed by atoms with E-state index in [1.807, 2.05) is 0 Å². The summed E-state index contributed by atoms with van der Waals surface area (Å²) in [5, 5.41) is 2.80. The summed E-state index contributed by atoms with van der Waals surface area (Å²) in [5.74, 6) is -1.06. The van der Waals surface area contributed by atoms with Gasteiger partial charge in [-0.2, -0.15) is 0 Å². The molecule has 2 heterocycles. The highest BCUT2D eigenvalue weighted by Gasteiger charge is 2.36. The van der Waals surface area contributed by atoms with Crippen molar-refractivity contribution in [1.82, 2.24) is 10.3 Å². The molecule has 21 heavy (non-hydrogen) atoms. The molecule has 0 fully saturated rings. The zero-order valence-corrected chi connectivity index (χ0v) is 12.4. The van der Waals surface area contributed by atoms with Crippen LogP contribution in [0.2, 0.25) is 5.02 Å². The second-order valence-electron chi connectivity index (χ2n) is 4.50. The maximum absolute atomic E-state index is 12.6. The molecule has 2 aromatic rings. The van der Waals surface area contributed by atoms with Crippen molar-refractivity contribution in [2.24, 2.45) is 0 Å². The first-order valence-corrected chi connectivity index (χ1v) is 7.55. The van der Waals surface area contributed by atoms with Gasteiger partial charge in [-0.25, -0.2) is 4.98 Å². The Hall–Kier alpha value is -1.89. The SMILES string of the molecule is Cc1cc2c(c([S+]([O-])c3ccc(Cl)cc3)n1)C(=O)NC2=O. The Morgan fingerprint density at radius 1 is 1.19 bits per heavy atom. The fourth-order valence-electron chi connectivity index (χ4n) is 2.08. The highest BCUT2D eigenvalue weighted by atomic mass is 35.5. The lowest BCUT2D eigenvalue weighted by molar-refractivity contribution is 0.0878. The number of aryl methyl sites for hydroxylation is 1. The van der Waals surface area contributed by atoms with Crippen LogP contribution in [0.25, 0.3) is 0 Å². The van der Waals surface area contributed by atoms with Crippen molar-refractivity contribution in [2.75, 3.05) is 0 Å². The molecule has 1 aromatic carbocycles. The highest BCUT2D eigenvalue weighted by molar-refractivity contribution is 7.91. The van der Waals surface area contributed by atoms with Gasteiger partial charge in [0, 0.05) is 21.9 Å². The summed E-state index contributed by atoms with van der Waals surface area (Å²) in [5.41, 5.74) is 0.819. The molecule has 0 saturated heterocycles. The number of fused-ring (bicyclic) bond motifs is 1. The Balaban J connectivity index is 2.15. The Kier molecular flexibility index (Phi) is 3.44. The molecule has 5 nitrogen and oxygen atoms in total. The van der Waals surface area contributed by atoms with E-state index in [0.717, 1.165) is 0 Å². The van der Waals surface area contributed by atoms with Gasteiger partial charge in [-0.15, -0.1) is 0 Å². The zero-order valence-electron chi connectivity index (χ0n) is 10.8. The third-order valence-electron chi connectivity index (χ3n) is 3.02. The van der Waals surface area contributed by atoms with Crippen LogP contribution in [-0.2, 0) is 11.2 Å². The largest absolute Gasteiger partial charge is 0.605 e. The van der Waals surface area contributed by atoms with E-state index in [-0.39, 0.29) is 16.2 Å². The van der Waals surface area contributed by atoms with E-state index in [1.54, 1.807) is 31.2 Å². The van der Waals surface area contributed by atoms with Crippen LogP contribution in [0, 0.1) is 6.92 Å². The number of aromatic nitrogens is 1. The molecule has 0 spiro atoms. The molecule has 3 rings (SSSR count). The molecular weight excluding hydrogens is 312 g/mol. The van der Waals surface area contributed by atoms with Crippen LogP contribution >= 0.6 is 11.6 Å². The maximum atomic E-state index is 12.6. The van der Waals surface area contributed by atoms with E-state index in [2.05, 4.69) is 10.3 Å². The summed E-state index contributed by atoms with van der Waals surface area (Å²) < 4.78 is 12.6. The lowest BCUT2D eigenvalue weighted by Crippen LogP contribution is -2.21. The molecule has 0 saturated carbocycles. The van der Waals surface area contributed by atoms with Gasteiger partial charge >= 0.3 is 0 Å². The van der Waals surface area contributed by atoms with Gasteiger partial charge in [-0.1, -0.05) is 11.6 Å². The third-order valence-corrected chi connectivity index (χ3v) is 4.62. The van der Waals surface area contributed by atoms with Crippen LogP contribution < -0.4 is 5.32 Å². The van der Waals surface area contributed by atoms with E-state index >= 15 is 0 Å². The summed E-state index contributed by atoms with van der Waals surface area (Å²) >= 11 is 4.13. The van der Waals surface area contributed by atoms with Crippen LogP contribution in [-0.4, -0.2) is 21.4 Å². The lowest BCUT2D eigenvalue weighted by Gasteiger charge is -2.11. The van der Waals surface area contributed by atoms with Gasteiger partial charge in [-0.3, -0.25) is 14.9 Å². The fourth-order valence-corrected chi connectivity index (χ4v) is 3.43. The average molecular weight is 321 g/mol. The molecule has 1 aliphatic rings. The number of amides is 2. The number of benzene rings is 1. The first-order chi connectivity index (χ1) is 9.97. The van der Waals surface area contributed by atoms with Crippen molar-refractivity contribution in [3.05, 3.63) is 52.2 Å². The van der Waals surface area contributed by atoms with Crippen molar-refractivity contribution < 1.29 is 14.1 Å².